The molecular weight excluding hydrogens is 246 g/mol. The summed E-state index contributed by atoms with van der Waals surface area (Å²) in [6, 6.07) is 6.99. The van der Waals surface area contributed by atoms with E-state index in [-0.39, 0.29) is 18.8 Å². The first-order valence-corrected chi connectivity index (χ1v) is 5.20. The van der Waals surface area contributed by atoms with Gasteiger partial charge in [-0.15, -0.1) is 12.4 Å². The Morgan fingerprint density at radius 1 is 1.29 bits per heavy atom. The van der Waals surface area contributed by atoms with Crippen molar-refractivity contribution >= 4 is 23.3 Å². The summed E-state index contributed by atoms with van der Waals surface area (Å²) in [5, 5.41) is 0.938. The fraction of sp³-hybridized carbons (Fsp3) is 0.333. The molecule has 0 bridgehead atoms. The summed E-state index contributed by atoms with van der Waals surface area (Å²) in [6.07, 6.45) is -2.68. The molecule has 1 aromatic heterocycles. The smallest absolute Gasteiger partial charge is 0.240 e. The van der Waals surface area contributed by atoms with Crippen molar-refractivity contribution < 1.29 is 8.78 Å². The fourth-order valence-corrected chi connectivity index (χ4v) is 2.09. The number of hydrogen-bond acceptors (Lipinski definition) is 1. The Morgan fingerprint density at radius 2 is 1.94 bits per heavy atom. The number of fused-ring (bicyclic) bond motifs is 1. The molecule has 94 valence electrons. The number of aryl methyl sites for hydroxylation is 1. The number of aromatic nitrogens is 1. The molecule has 0 aliphatic heterocycles. The van der Waals surface area contributed by atoms with Crippen LogP contribution in [0.3, 0.4) is 0 Å². The van der Waals surface area contributed by atoms with Crippen LogP contribution in [0.15, 0.2) is 24.3 Å². The minimum atomic E-state index is -2.37. The second-order valence-electron chi connectivity index (χ2n) is 3.94. The molecule has 1 heterocycles. The van der Waals surface area contributed by atoms with Crippen LogP contribution in [0, 0.1) is 6.92 Å². The van der Waals surface area contributed by atoms with E-state index in [1.165, 1.54) is 0 Å². The number of rotatable bonds is 3. The lowest BCUT2D eigenvalue weighted by molar-refractivity contribution is 0.128. The quantitative estimate of drug-likeness (QED) is 0.871. The molecule has 17 heavy (non-hydrogen) atoms. The number of aromatic amines is 1. The number of halogens is 3. The first kappa shape index (κ1) is 13.9. The topological polar surface area (TPSA) is 41.8 Å². The average Bonchev–Trinajstić information content (AvgIpc) is 2.52. The highest BCUT2D eigenvalue weighted by Gasteiger charge is 2.18. The highest BCUT2D eigenvalue weighted by molar-refractivity contribution is 5.85. The molecule has 0 radical (unpaired) electrons. The monoisotopic (exact) mass is 260 g/mol. The van der Waals surface area contributed by atoms with Gasteiger partial charge in [0.25, 0.3) is 0 Å². The van der Waals surface area contributed by atoms with Crippen LogP contribution in [0.2, 0.25) is 0 Å². The van der Waals surface area contributed by atoms with Crippen LogP contribution in [0.5, 0.6) is 0 Å². The van der Waals surface area contributed by atoms with E-state index in [0.29, 0.717) is 0 Å². The van der Waals surface area contributed by atoms with Crippen molar-refractivity contribution in [2.45, 2.75) is 25.8 Å². The number of para-hydroxylation sites is 1. The van der Waals surface area contributed by atoms with Gasteiger partial charge in [0.2, 0.25) is 6.43 Å². The third kappa shape index (κ3) is 2.76. The van der Waals surface area contributed by atoms with E-state index >= 15 is 0 Å². The molecule has 0 aliphatic rings. The molecule has 0 amide bonds. The summed E-state index contributed by atoms with van der Waals surface area (Å²) < 4.78 is 24.6. The van der Waals surface area contributed by atoms with Gasteiger partial charge in [-0.25, -0.2) is 8.78 Å². The van der Waals surface area contributed by atoms with Crippen LogP contribution >= 0.6 is 12.4 Å². The molecular formula is C12H15ClF2N2. The van der Waals surface area contributed by atoms with Crippen molar-refractivity contribution in [1.29, 1.82) is 0 Å². The van der Waals surface area contributed by atoms with Gasteiger partial charge in [0.05, 0.1) is 0 Å². The van der Waals surface area contributed by atoms with Gasteiger partial charge in [0.15, 0.2) is 0 Å². The largest absolute Gasteiger partial charge is 0.358 e. The Bertz CT molecular complexity index is 496. The van der Waals surface area contributed by atoms with Gasteiger partial charge in [0.1, 0.15) is 0 Å². The lowest BCUT2D eigenvalue weighted by Gasteiger charge is -2.11. The average molecular weight is 261 g/mol. The van der Waals surface area contributed by atoms with Crippen molar-refractivity contribution in [3.63, 3.8) is 0 Å². The van der Waals surface area contributed by atoms with Gasteiger partial charge in [-0.1, -0.05) is 18.2 Å². The van der Waals surface area contributed by atoms with Crippen LogP contribution in [0.4, 0.5) is 8.78 Å². The van der Waals surface area contributed by atoms with Crippen LogP contribution < -0.4 is 5.73 Å². The number of H-pyrrole nitrogens is 1. The zero-order chi connectivity index (χ0) is 11.7. The molecule has 2 nitrogen and oxygen atoms in total. The summed E-state index contributed by atoms with van der Waals surface area (Å²) in [7, 11) is 0. The van der Waals surface area contributed by atoms with E-state index in [9.17, 15) is 8.78 Å². The number of nitrogens with two attached hydrogens (primary N) is 1. The Morgan fingerprint density at radius 3 is 2.59 bits per heavy atom. The van der Waals surface area contributed by atoms with Gasteiger partial charge in [0, 0.05) is 29.1 Å². The molecule has 0 saturated heterocycles. The maximum absolute atomic E-state index is 12.3. The van der Waals surface area contributed by atoms with E-state index in [1.54, 1.807) is 0 Å². The maximum Gasteiger partial charge on any atom is 0.240 e. The van der Waals surface area contributed by atoms with Crippen LogP contribution in [0.1, 0.15) is 23.7 Å². The van der Waals surface area contributed by atoms with E-state index < -0.39 is 12.5 Å². The van der Waals surface area contributed by atoms with Gasteiger partial charge < -0.3 is 10.7 Å². The van der Waals surface area contributed by atoms with Crippen LogP contribution in [-0.4, -0.2) is 11.4 Å². The van der Waals surface area contributed by atoms with Gasteiger partial charge in [-0.05, 0) is 18.6 Å². The normalized spacial score (nSPS) is 12.8. The van der Waals surface area contributed by atoms with E-state index in [0.717, 1.165) is 22.2 Å². The highest BCUT2D eigenvalue weighted by atomic mass is 35.5. The van der Waals surface area contributed by atoms with Gasteiger partial charge in [-0.2, -0.15) is 0 Å². The first-order chi connectivity index (χ1) is 7.59. The van der Waals surface area contributed by atoms with E-state index in [4.69, 9.17) is 5.73 Å². The first-order valence-electron chi connectivity index (χ1n) is 5.20. The molecule has 5 heteroatoms. The van der Waals surface area contributed by atoms with Gasteiger partial charge in [-0.3, -0.25) is 0 Å². The fourth-order valence-electron chi connectivity index (χ4n) is 2.09. The van der Waals surface area contributed by atoms with Crippen molar-refractivity contribution in [2.75, 3.05) is 0 Å². The number of hydrogen-bond donors (Lipinski definition) is 2. The van der Waals surface area contributed by atoms with Crippen molar-refractivity contribution in [3.05, 3.63) is 35.5 Å². The van der Waals surface area contributed by atoms with Crippen molar-refractivity contribution in [1.82, 2.24) is 4.98 Å². The molecule has 3 N–H and O–H groups in total. The second kappa shape index (κ2) is 5.47. The summed E-state index contributed by atoms with van der Waals surface area (Å²) in [5.74, 6) is 0. The molecule has 1 aromatic carbocycles. The molecule has 0 saturated carbocycles. The lowest BCUT2D eigenvalue weighted by atomic mass is 10.0. The predicted octanol–water partition coefficient (Wildman–Crippen LogP) is 3.55. The number of benzene rings is 1. The third-order valence-electron chi connectivity index (χ3n) is 2.75. The third-order valence-corrected chi connectivity index (χ3v) is 2.75. The molecule has 0 aliphatic carbocycles. The van der Waals surface area contributed by atoms with Crippen LogP contribution in [-0.2, 0) is 0 Å². The molecule has 2 rings (SSSR count). The minimum Gasteiger partial charge on any atom is -0.358 e. The SMILES string of the molecule is Cc1[nH]c2ccccc2c1[C@@H](N)CC(F)F.Cl. The number of nitrogens with one attached hydrogen (secondary N) is 1. The van der Waals surface area contributed by atoms with E-state index in [2.05, 4.69) is 4.98 Å². The van der Waals surface area contributed by atoms with Crippen molar-refractivity contribution in [2.24, 2.45) is 5.73 Å². The Labute approximate surface area is 105 Å². The molecule has 2 aromatic rings. The van der Waals surface area contributed by atoms with E-state index in [1.807, 2.05) is 31.2 Å². The summed E-state index contributed by atoms with van der Waals surface area (Å²) >= 11 is 0. The standard InChI is InChI=1S/C12H14F2N2.ClH/c1-7-12(9(15)6-11(13)14)8-4-2-3-5-10(8)16-7;/h2-5,9,11,16H,6,15H2,1H3;1H/t9-;/m0./s1. The van der Waals surface area contributed by atoms with Crippen LogP contribution in [0.25, 0.3) is 10.9 Å². The van der Waals surface area contributed by atoms with Gasteiger partial charge >= 0.3 is 0 Å². The number of alkyl halides is 2. The summed E-state index contributed by atoms with van der Waals surface area (Å²) in [4.78, 5) is 3.16. The summed E-state index contributed by atoms with van der Waals surface area (Å²) in [6.45, 7) is 1.86. The highest BCUT2D eigenvalue weighted by Crippen LogP contribution is 2.29. The minimum absolute atomic E-state index is 0. The Hall–Kier alpha value is -1.13. The Balaban J connectivity index is 0.00000144. The Kier molecular flexibility index (Phi) is 4.48. The second-order valence-corrected chi connectivity index (χ2v) is 3.94. The molecule has 1 atom stereocenters. The molecule has 0 fully saturated rings. The molecule has 0 unspecified atom stereocenters. The lowest BCUT2D eigenvalue weighted by Crippen LogP contribution is -2.14. The summed E-state index contributed by atoms with van der Waals surface area (Å²) in [5.41, 5.74) is 8.42. The molecule has 0 spiro atoms. The predicted molar refractivity (Wildman–Crippen MR) is 67.8 cm³/mol. The zero-order valence-electron chi connectivity index (χ0n) is 9.41. The maximum atomic E-state index is 12.3. The van der Waals surface area contributed by atoms with Crippen molar-refractivity contribution in [3.8, 4) is 0 Å². The zero-order valence-corrected chi connectivity index (χ0v) is 10.2.